The monoisotopic (exact) mass is 359 g/mol. The van der Waals surface area contributed by atoms with E-state index in [9.17, 15) is 14.7 Å². The lowest BCUT2D eigenvalue weighted by Gasteiger charge is -2.37. The SMILES string of the molecule is CC(=O)c1c(C)nn(CC(=O)N[C@@H](c2cnn(C)c2)C2CC(O)C2)c1C. The van der Waals surface area contributed by atoms with Gasteiger partial charge in [0.2, 0.25) is 5.91 Å². The van der Waals surface area contributed by atoms with Crippen LogP contribution in [0.25, 0.3) is 0 Å². The molecule has 1 atom stereocenters. The zero-order valence-corrected chi connectivity index (χ0v) is 15.6. The van der Waals surface area contributed by atoms with E-state index < -0.39 is 0 Å². The van der Waals surface area contributed by atoms with Crippen molar-refractivity contribution in [1.82, 2.24) is 24.9 Å². The fourth-order valence-corrected chi connectivity index (χ4v) is 3.69. The summed E-state index contributed by atoms with van der Waals surface area (Å²) in [6.45, 7) is 5.12. The Balaban J connectivity index is 1.74. The molecule has 0 spiro atoms. The van der Waals surface area contributed by atoms with Crippen molar-refractivity contribution in [2.75, 3.05) is 0 Å². The van der Waals surface area contributed by atoms with Crippen LogP contribution >= 0.6 is 0 Å². The normalized spacial score (nSPS) is 20.5. The second kappa shape index (κ2) is 7.03. The van der Waals surface area contributed by atoms with E-state index in [0.29, 0.717) is 29.8 Å². The van der Waals surface area contributed by atoms with Gasteiger partial charge in [0, 0.05) is 24.5 Å². The minimum Gasteiger partial charge on any atom is -0.393 e. The smallest absolute Gasteiger partial charge is 0.242 e. The molecule has 0 unspecified atom stereocenters. The molecular formula is C18H25N5O3. The molecule has 8 heteroatoms. The van der Waals surface area contributed by atoms with Crippen molar-refractivity contribution in [2.45, 2.75) is 52.3 Å². The Morgan fingerprint density at radius 2 is 2.08 bits per heavy atom. The zero-order chi connectivity index (χ0) is 19.0. The maximum atomic E-state index is 12.6. The number of amides is 1. The Morgan fingerprint density at radius 3 is 2.58 bits per heavy atom. The summed E-state index contributed by atoms with van der Waals surface area (Å²) in [5.74, 6) is -0.0457. The highest BCUT2D eigenvalue weighted by Gasteiger charge is 2.36. The lowest BCUT2D eigenvalue weighted by molar-refractivity contribution is -0.123. The highest BCUT2D eigenvalue weighted by Crippen LogP contribution is 2.37. The summed E-state index contributed by atoms with van der Waals surface area (Å²) in [6, 6.07) is -0.191. The fourth-order valence-electron chi connectivity index (χ4n) is 3.69. The Bertz CT molecular complexity index is 832. The van der Waals surface area contributed by atoms with Crippen molar-refractivity contribution >= 4 is 11.7 Å². The van der Waals surface area contributed by atoms with Gasteiger partial charge >= 0.3 is 0 Å². The minimum absolute atomic E-state index is 0.0476. The number of aliphatic hydroxyl groups is 1. The lowest BCUT2D eigenvalue weighted by atomic mass is 9.75. The van der Waals surface area contributed by atoms with Crippen molar-refractivity contribution in [3.8, 4) is 0 Å². The third kappa shape index (κ3) is 3.55. The molecule has 140 valence electrons. The maximum absolute atomic E-state index is 12.6. The van der Waals surface area contributed by atoms with Crippen molar-refractivity contribution in [2.24, 2.45) is 13.0 Å². The van der Waals surface area contributed by atoms with Crippen LogP contribution < -0.4 is 5.32 Å². The van der Waals surface area contributed by atoms with E-state index in [4.69, 9.17) is 0 Å². The van der Waals surface area contributed by atoms with E-state index in [0.717, 1.165) is 5.56 Å². The van der Waals surface area contributed by atoms with Crippen molar-refractivity contribution in [3.63, 3.8) is 0 Å². The average Bonchev–Trinajstić information content (AvgIpc) is 3.06. The fraction of sp³-hybridized carbons (Fsp3) is 0.556. The van der Waals surface area contributed by atoms with E-state index in [-0.39, 0.29) is 36.3 Å². The number of rotatable bonds is 6. The summed E-state index contributed by atoms with van der Waals surface area (Å²) in [7, 11) is 1.83. The summed E-state index contributed by atoms with van der Waals surface area (Å²) < 4.78 is 3.26. The van der Waals surface area contributed by atoms with Gasteiger partial charge in [0.25, 0.3) is 0 Å². The molecule has 0 aromatic carbocycles. The minimum atomic E-state index is -0.301. The van der Waals surface area contributed by atoms with Crippen LogP contribution in [-0.2, 0) is 18.4 Å². The number of nitrogens with zero attached hydrogens (tertiary/aromatic N) is 4. The summed E-state index contributed by atoms with van der Waals surface area (Å²) >= 11 is 0. The lowest BCUT2D eigenvalue weighted by Crippen LogP contribution is -2.42. The molecule has 1 saturated carbocycles. The van der Waals surface area contributed by atoms with Crippen LogP contribution in [0.3, 0.4) is 0 Å². The van der Waals surface area contributed by atoms with Crippen LogP contribution in [-0.4, -0.2) is 42.5 Å². The van der Waals surface area contributed by atoms with Gasteiger partial charge in [-0.2, -0.15) is 10.2 Å². The molecule has 2 aromatic rings. The molecule has 1 amide bonds. The van der Waals surface area contributed by atoms with E-state index in [1.165, 1.54) is 6.92 Å². The number of Topliss-reactive ketones (excluding diaryl/α,β-unsaturated/α-hetero) is 1. The van der Waals surface area contributed by atoms with Gasteiger partial charge in [-0.1, -0.05) is 0 Å². The van der Waals surface area contributed by atoms with Gasteiger partial charge in [-0.05, 0) is 39.5 Å². The van der Waals surface area contributed by atoms with Crippen LogP contribution in [0, 0.1) is 19.8 Å². The summed E-state index contributed by atoms with van der Waals surface area (Å²) in [6.07, 6.45) is 4.65. The number of hydrogen-bond acceptors (Lipinski definition) is 5. The Kier molecular flexibility index (Phi) is 4.95. The molecular weight excluding hydrogens is 334 g/mol. The second-order valence-electron chi connectivity index (χ2n) is 7.14. The van der Waals surface area contributed by atoms with Gasteiger partial charge in [-0.3, -0.25) is 19.0 Å². The first-order valence-electron chi connectivity index (χ1n) is 8.77. The van der Waals surface area contributed by atoms with Crippen molar-refractivity contribution in [1.29, 1.82) is 0 Å². The number of hydrogen-bond donors (Lipinski definition) is 2. The average molecular weight is 359 g/mol. The first-order valence-corrected chi connectivity index (χ1v) is 8.77. The van der Waals surface area contributed by atoms with E-state index in [1.807, 2.05) is 13.2 Å². The molecule has 2 heterocycles. The Morgan fingerprint density at radius 1 is 1.38 bits per heavy atom. The van der Waals surface area contributed by atoms with E-state index in [1.54, 1.807) is 29.4 Å². The second-order valence-corrected chi connectivity index (χ2v) is 7.14. The molecule has 8 nitrogen and oxygen atoms in total. The molecule has 3 rings (SSSR count). The van der Waals surface area contributed by atoms with Crippen LogP contribution in [0.1, 0.15) is 53.1 Å². The Hall–Kier alpha value is -2.48. The van der Waals surface area contributed by atoms with Crippen molar-refractivity contribution in [3.05, 3.63) is 34.9 Å². The van der Waals surface area contributed by atoms with Gasteiger partial charge in [-0.15, -0.1) is 0 Å². The Labute approximate surface area is 152 Å². The summed E-state index contributed by atoms with van der Waals surface area (Å²) in [5, 5.41) is 21.2. The van der Waals surface area contributed by atoms with Gasteiger partial charge in [0.05, 0.1) is 29.6 Å². The van der Waals surface area contributed by atoms with E-state index >= 15 is 0 Å². The molecule has 1 fully saturated rings. The largest absolute Gasteiger partial charge is 0.393 e. The number of ketones is 1. The molecule has 0 bridgehead atoms. The molecule has 26 heavy (non-hydrogen) atoms. The highest BCUT2D eigenvalue weighted by atomic mass is 16.3. The van der Waals surface area contributed by atoms with Crippen LogP contribution in [0.15, 0.2) is 12.4 Å². The van der Waals surface area contributed by atoms with Gasteiger partial charge < -0.3 is 10.4 Å². The molecule has 0 aliphatic heterocycles. The predicted molar refractivity (Wildman–Crippen MR) is 94.5 cm³/mol. The molecule has 0 saturated heterocycles. The molecule has 1 aliphatic carbocycles. The standard InChI is InChI=1S/C18H25N5O3/c1-10-17(12(3)24)11(2)23(21-10)9-16(26)20-18(13-5-15(25)6-13)14-7-19-22(4)8-14/h7-8,13,15,18,25H,5-6,9H2,1-4H3,(H,20,26)/t13?,15?,18-/m1/s1. The van der Waals surface area contributed by atoms with Crippen LogP contribution in [0.2, 0.25) is 0 Å². The summed E-state index contributed by atoms with van der Waals surface area (Å²) in [4.78, 5) is 24.4. The number of aromatic nitrogens is 4. The van der Waals surface area contributed by atoms with Gasteiger partial charge in [0.1, 0.15) is 6.54 Å². The molecule has 2 N–H and O–H groups in total. The zero-order valence-electron chi connectivity index (χ0n) is 15.6. The van der Waals surface area contributed by atoms with Crippen LogP contribution in [0.4, 0.5) is 0 Å². The number of aliphatic hydroxyl groups excluding tert-OH is 1. The van der Waals surface area contributed by atoms with E-state index in [2.05, 4.69) is 15.5 Å². The van der Waals surface area contributed by atoms with Crippen molar-refractivity contribution < 1.29 is 14.7 Å². The number of carbonyl (C=O) groups excluding carboxylic acids is 2. The van der Waals surface area contributed by atoms with Gasteiger partial charge in [-0.25, -0.2) is 0 Å². The number of aryl methyl sites for hydroxylation is 2. The first-order chi connectivity index (χ1) is 12.3. The summed E-state index contributed by atoms with van der Waals surface area (Å²) in [5.41, 5.74) is 2.83. The topological polar surface area (TPSA) is 102 Å². The molecule has 2 aromatic heterocycles. The number of nitrogens with one attached hydrogen (secondary N) is 1. The molecule has 0 radical (unpaired) electrons. The number of carbonyl (C=O) groups is 2. The van der Waals surface area contributed by atoms with Gasteiger partial charge in [0.15, 0.2) is 5.78 Å². The molecule has 1 aliphatic rings. The maximum Gasteiger partial charge on any atom is 0.242 e. The predicted octanol–water partition coefficient (Wildman–Crippen LogP) is 1.06. The quantitative estimate of drug-likeness (QED) is 0.751. The highest BCUT2D eigenvalue weighted by molar-refractivity contribution is 5.96. The van der Waals surface area contributed by atoms with Crippen LogP contribution in [0.5, 0.6) is 0 Å². The third-order valence-electron chi connectivity index (χ3n) is 5.05. The first kappa shape index (κ1) is 18.3. The third-order valence-corrected chi connectivity index (χ3v) is 5.05.